The molecule has 0 bridgehead atoms. The summed E-state index contributed by atoms with van der Waals surface area (Å²) < 4.78 is 1.86. The van der Waals surface area contributed by atoms with E-state index in [4.69, 9.17) is 23.2 Å². The van der Waals surface area contributed by atoms with Gasteiger partial charge in [0, 0.05) is 40.9 Å². The molecule has 7 heteroatoms. The molecule has 3 rings (SSSR count). The van der Waals surface area contributed by atoms with E-state index in [1.54, 1.807) is 12.1 Å². The zero-order valence-corrected chi connectivity index (χ0v) is 16.2. The van der Waals surface area contributed by atoms with E-state index in [0.717, 1.165) is 35.4 Å². The highest BCUT2D eigenvalue weighted by Crippen LogP contribution is 2.30. The Kier molecular flexibility index (Phi) is 5.25. The molecule has 1 aliphatic rings. The number of benzene rings is 1. The fourth-order valence-corrected chi connectivity index (χ4v) is 3.38. The van der Waals surface area contributed by atoms with Crippen LogP contribution in [0.1, 0.15) is 35.4 Å². The number of aromatic nitrogens is 2. The van der Waals surface area contributed by atoms with Crippen LogP contribution in [0.4, 0.5) is 4.79 Å². The number of halogens is 2. The molecule has 1 N–H and O–H groups in total. The van der Waals surface area contributed by atoms with E-state index in [2.05, 4.69) is 10.4 Å². The zero-order valence-electron chi connectivity index (χ0n) is 14.6. The van der Waals surface area contributed by atoms with Crippen LogP contribution in [0.3, 0.4) is 0 Å². The molecule has 1 aliphatic carbocycles. The van der Waals surface area contributed by atoms with Gasteiger partial charge in [0.15, 0.2) is 0 Å². The van der Waals surface area contributed by atoms with Gasteiger partial charge in [-0.25, -0.2) is 4.79 Å². The number of hydrogen-bond acceptors (Lipinski definition) is 2. The van der Waals surface area contributed by atoms with E-state index in [-0.39, 0.29) is 6.03 Å². The second-order valence-corrected chi connectivity index (χ2v) is 7.37. The van der Waals surface area contributed by atoms with Crippen molar-refractivity contribution in [2.24, 2.45) is 7.05 Å². The van der Waals surface area contributed by atoms with Gasteiger partial charge in [0.25, 0.3) is 0 Å². The lowest BCUT2D eigenvalue weighted by molar-refractivity contribution is 0.191. The molecular weight excluding hydrogens is 359 g/mol. The van der Waals surface area contributed by atoms with Crippen LogP contribution in [0, 0.1) is 13.8 Å². The van der Waals surface area contributed by atoms with Crippen LogP contribution in [-0.4, -0.2) is 26.8 Å². The molecule has 1 heterocycles. The van der Waals surface area contributed by atoms with Gasteiger partial charge in [0.05, 0.1) is 12.2 Å². The molecule has 1 aromatic carbocycles. The van der Waals surface area contributed by atoms with Gasteiger partial charge < -0.3 is 10.2 Å². The monoisotopic (exact) mass is 380 g/mol. The summed E-state index contributed by atoms with van der Waals surface area (Å²) in [7, 11) is 1.93. The van der Waals surface area contributed by atoms with Gasteiger partial charge in [-0.05, 0) is 44.4 Å². The first-order chi connectivity index (χ1) is 11.9. The fourth-order valence-electron chi connectivity index (χ4n) is 2.91. The molecule has 0 spiro atoms. The second kappa shape index (κ2) is 7.26. The maximum absolute atomic E-state index is 12.7. The van der Waals surface area contributed by atoms with Crippen LogP contribution in [0.15, 0.2) is 18.2 Å². The predicted octanol–water partition coefficient (Wildman–Crippen LogP) is 4.22. The Morgan fingerprint density at radius 1 is 1.36 bits per heavy atom. The molecule has 2 aromatic rings. The molecule has 0 radical (unpaired) electrons. The lowest BCUT2D eigenvalue weighted by Crippen LogP contribution is -2.40. The van der Waals surface area contributed by atoms with Gasteiger partial charge >= 0.3 is 6.03 Å². The molecule has 0 atom stereocenters. The molecule has 0 aliphatic heterocycles. The van der Waals surface area contributed by atoms with Crippen LogP contribution in [0.25, 0.3) is 0 Å². The second-order valence-electron chi connectivity index (χ2n) is 6.53. The molecule has 2 amide bonds. The Hall–Kier alpha value is -1.72. The molecule has 134 valence electrons. The van der Waals surface area contributed by atoms with Gasteiger partial charge in [0.2, 0.25) is 0 Å². The lowest BCUT2D eigenvalue weighted by atomic mass is 10.2. The smallest absolute Gasteiger partial charge is 0.318 e. The Labute approximate surface area is 157 Å². The van der Waals surface area contributed by atoms with Gasteiger partial charge in [-0.3, -0.25) is 4.68 Å². The van der Waals surface area contributed by atoms with E-state index in [1.165, 1.54) is 0 Å². The van der Waals surface area contributed by atoms with Crippen molar-refractivity contribution in [3.63, 3.8) is 0 Å². The SMILES string of the molecule is Cc1nn(C)c(C)c1CN(C(=O)NCc1ccc(Cl)cc1Cl)C1CC1. The van der Waals surface area contributed by atoms with Gasteiger partial charge in [-0.1, -0.05) is 29.3 Å². The maximum atomic E-state index is 12.7. The summed E-state index contributed by atoms with van der Waals surface area (Å²) >= 11 is 12.1. The third-order valence-corrected chi connectivity index (χ3v) is 5.27. The van der Waals surface area contributed by atoms with Crippen LogP contribution in [0.5, 0.6) is 0 Å². The molecule has 1 aromatic heterocycles. The number of carbonyl (C=O) groups excluding carboxylic acids is 1. The molecule has 1 fully saturated rings. The number of urea groups is 1. The average molecular weight is 381 g/mol. The van der Waals surface area contributed by atoms with Gasteiger partial charge in [0.1, 0.15) is 0 Å². The maximum Gasteiger partial charge on any atom is 0.318 e. The standard InChI is InChI=1S/C18H22Cl2N4O/c1-11-16(12(2)23(3)22-11)10-24(15-6-7-15)18(25)21-9-13-4-5-14(19)8-17(13)20/h4-5,8,15H,6-7,9-10H2,1-3H3,(H,21,25). The minimum atomic E-state index is -0.0730. The van der Waals surface area contributed by atoms with E-state index in [0.29, 0.717) is 29.2 Å². The van der Waals surface area contributed by atoms with Crippen molar-refractivity contribution >= 4 is 29.2 Å². The van der Waals surface area contributed by atoms with E-state index in [1.807, 2.05) is 36.5 Å². The van der Waals surface area contributed by atoms with Gasteiger partial charge in [-0.2, -0.15) is 5.10 Å². The van der Waals surface area contributed by atoms with Crippen LogP contribution in [-0.2, 0) is 20.1 Å². The normalized spacial score (nSPS) is 13.8. The lowest BCUT2D eigenvalue weighted by Gasteiger charge is -2.23. The highest BCUT2D eigenvalue weighted by Gasteiger charge is 2.33. The first-order valence-electron chi connectivity index (χ1n) is 8.34. The number of carbonyl (C=O) groups is 1. The molecular formula is C18H22Cl2N4O. The highest BCUT2D eigenvalue weighted by atomic mass is 35.5. The highest BCUT2D eigenvalue weighted by molar-refractivity contribution is 6.35. The van der Waals surface area contributed by atoms with E-state index >= 15 is 0 Å². The number of amides is 2. The number of hydrogen-bond donors (Lipinski definition) is 1. The van der Waals surface area contributed by atoms with Crippen molar-refractivity contribution < 1.29 is 4.79 Å². The molecule has 5 nitrogen and oxygen atoms in total. The topological polar surface area (TPSA) is 50.2 Å². The van der Waals surface area contributed by atoms with Crippen LogP contribution in [0.2, 0.25) is 10.0 Å². The number of nitrogens with one attached hydrogen (secondary N) is 1. The Balaban J connectivity index is 1.69. The van der Waals surface area contributed by atoms with Crippen LogP contribution >= 0.6 is 23.2 Å². The minimum Gasteiger partial charge on any atom is -0.334 e. The van der Waals surface area contributed by atoms with E-state index < -0.39 is 0 Å². The summed E-state index contributed by atoms with van der Waals surface area (Å²) in [6.45, 7) is 4.98. The Bertz CT molecular complexity index is 799. The van der Waals surface area contributed by atoms with Crippen molar-refractivity contribution in [1.29, 1.82) is 0 Å². The Morgan fingerprint density at radius 2 is 2.08 bits per heavy atom. The average Bonchev–Trinajstić information content (AvgIpc) is 3.35. The van der Waals surface area contributed by atoms with E-state index in [9.17, 15) is 4.79 Å². The fraction of sp³-hybridized carbons (Fsp3) is 0.444. The number of rotatable bonds is 5. The number of aryl methyl sites for hydroxylation is 2. The first kappa shape index (κ1) is 18.1. The molecule has 0 unspecified atom stereocenters. The molecule has 25 heavy (non-hydrogen) atoms. The molecule has 0 saturated heterocycles. The predicted molar refractivity (Wildman–Crippen MR) is 99.9 cm³/mol. The zero-order chi connectivity index (χ0) is 18.1. The minimum absolute atomic E-state index is 0.0730. The Morgan fingerprint density at radius 3 is 2.64 bits per heavy atom. The quantitative estimate of drug-likeness (QED) is 0.843. The summed E-state index contributed by atoms with van der Waals surface area (Å²) in [6, 6.07) is 5.53. The summed E-state index contributed by atoms with van der Waals surface area (Å²) in [5.74, 6) is 0. The first-order valence-corrected chi connectivity index (χ1v) is 9.10. The van der Waals surface area contributed by atoms with Crippen molar-refractivity contribution in [2.75, 3.05) is 0 Å². The van der Waals surface area contributed by atoms with Gasteiger partial charge in [-0.15, -0.1) is 0 Å². The largest absolute Gasteiger partial charge is 0.334 e. The van der Waals surface area contributed by atoms with Crippen molar-refractivity contribution in [3.05, 3.63) is 50.8 Å². The number of nitrogens with zero attached hydrogens (tertiary/aromatic N) is 3. The summed E-state index contributed by atoms with van der Waals surface area (Å²) in [5.41, 5.74) is 4.04. The molecule has 1 saturated carbocycles. The summed E-state index contributed by atoms with van der Waals surface area (Å²) in [4.78, 5) is 14.6. The van der Waals surface area contributed by atoms with Crippen molar-refractivity contribution in [3.8, 4) is 0 Å². The van der Waals surface area contributed by atoms with Crippen molar-refractivity contribution in [1.82, 2.24) is 20.0 Å². The van der Waals surface area contributed by atoms with Crippen molar-refractivity contribution in [2.45, 2.75) is 45.8 Å². The van der Waals surface area contributed by atoms with Crippen LogP contribution < -0.4 is 5.32 Å². The summed E-state index contributed by atoms with van der Waals surface area (Å²) in [5, 5.41) is 8.57. The third kappa shape index (κ3) is 4.10. The summed E-state index contributed by atoms with van der Waals surface area (Å²) in [6.07, 6.45) is 2.10. The third-order valence-electron chi connectivity index (χ3n) is 4.68.